The zero-order chi connectivity index (χ0) is 39.9. The smallest absolute Gasteiger partial charge is 0.407 e. The van der Waals surface area contributed by atoms with Crippen LogP contribution >= 0.6 is 0 Å². The highest BCUT2D eigenvalue weighted by Gasteiger charge is 2.37. The van der Waals surface area contributed by atoms with Gasteiger partial charge in [0.1, 0.15) is 17.4 Å². The highest BCUT2D eigenvalue weighted by atomic mass is 16.6. The van der Waals surface area contributed by atoms with E-state index in [1.165, 1.54) is 96.3 Å². The number of hydrogen-bond acceptors (Lipinski definition) is 6. The van der Waals surface area contributed by atoms with Gasteiger partial charge >= 0.3 is 6.09 Å². The third-order valence-electron chi connectivity index (χ3n) is 13.1. The fourth-order valence-corrected chi connectivity index (χ4v) is 7.78. The Hall–Kier alpha value is -0.890. The highest BCUT2D eigenvalue weighted by molar-refractivity contribution is 5.67. The molecule has 7 heteroatoms. The SMILES string of the molecule is CCC(C)(C)CC(C)(CC)OCCC(C)(CC)NC(O)C(C)(C)OCCC(C)(CC)OC(=O)NCCCCCCCCCCCC1CCCCCCC1. The normalized spacial score (nSPS) is 19.0. The fourth-order valence-electron chi connectivity index (χ4n) is 7.78. The van der Waals surface area contributed by atoms with Crippen LogP contribution in [0.5, 0.6) is 0 Å². The summed E-state index contributed by atoms with van der Waals surface area (Å²) < 4.78 is 18.7. The van der Waals surface area contributed by atoms with Crippen LogP contribution in [-0.4, -0.2) is 59.5 Å². The van der Waals surface area contributed by atoms with Gasteiger partial charge in [-0.25, -0.2) is 4.79 Å². The molecule has 1 aliphatic carbocycles. The molecule has 0 bridgehead atoms. The Morgan fingerprint density at radius 3 is 1.74 bits per heavy atom. The van der Waals surface area contributed by atoms with Crippen LogP contribution in [0.25, 0.3) is 0 Å². The van der Waals surface area contributed by atoms with E-state index in [9.17, 15) is 9.90 Å². The summed E-state index contributed by atoms with van der Waals surface area (Å²) in [7, 11) is 0. The van der Waals surface area contributed by atoms with Gasteiger partial charge in [0.15, 0.2) is 0 Å². The number of carbonyl (C=O) groups excluding carboxylic acids is 1. The quantitative estimate of drug-likeness (QED) is 0.0500. The van der Waals surface area contributed by atoms with Crippen molar-refractivity contribution in [1.29, 1.82) is 0 Å². The Balaban J connectivity index is 2.29. The number of nitrogens with one attached hydrogen (secondary N) is 2. The average Bonchev–Trinajstić information content (AvgIpc) is 3.09. The summed E-state index contributed by atoms with van der Waals surface area (Å²) in [4.78, 5) is 12.7. The topological polar surface area (TPSA) is 89.1 Å². The first-order chi connectivity index (χ1) is 25.0. The lowest BCUT2D eigenvalue weighted by Crippen LogP contribution is -2.57. The number of alkyl carbamates (subject to hydrolysis) is 1. The maximum absolute atomic E-state index is 12.7. The fraction of sp³-hybridized carbons (Fsp3) is 0.978. The minimum Gasteiger partial charge on any atom is -0.443 e. The average molecular weight is 753 g/mol. The van der Waals surface area contributed by atoms with Crippen LogP contribution in [0, 0.1) is 11.3 Å². The first-order valence-electron chi connectivity index (χ1n) is 22.7. The van der Waals surface area contributed by atoms with Gasteiger partial charge in [0, 0.05) is 25.1 Å². The predicted molar refractivity (Wildman–Crippen MR) is 226 cm³/mol. The Labute approximate surface area is 330 Å². The summed E-state index contributed by atoms with van der Waals surface area (Å²) in [5.74, 6) is 1.01. The number of aliphatic hydroxyl groups excluding tert-OH is 1. The van der Waals surface area contributed by atoms with E-state index in [1.807, 2.05) is 27.7 Å². The Kier molecular flexibility index (Phi) is 24.7. The molecule has 0 saturated heterocycles. The molecule has 1 aliphatic rings. The van der Waals surface area contributed by atoms with Crippen LogP contribution in [-0.2, 0) is 14.2 Å². The molecule has 1 amide bonds. The van der Waals surface area contributed by atoms with E-state index in [1.54, 1.807) is 0 Å². The maximum atomic E-state index is 12.7. The van der Waals surface area contributed by atoms with E-state index in [0.717, 1.165) is 50.9 Å². The van der Waals surface area contributed by atoms with Gasteiger partial charge in [-0.1, -0.05) is 151 Å². The van der Waals surface area contributed by atoms with Gasteiger partial charge in [0.05, 0.1) is 12.2 Å². The van der Waals surface area contributed by atoms with Gasteiger partial charge in [0.25, 0.3) is 0 Å². The number of carbonyl (C=O) groups is 1. The Morgan fingerprint density at radius 1 is 0.660 bits per heavy atom. The van der Waals surface area contributed by atoms with Crippen molar-refractivity contribution in [3.8, 4) is 0 Å². The molecule has 3 N–H and O–H groups in total. The van der Waals surface area contributed by atoms with Gasteiger partial charge in [-0.3, -0.25) is 5.32 Å². The molecule has 4 unspecified atom stereocenters. The first-order valence-corrected chi connectivity index (χ1v) is 22.7. The summed E-state index contributed by atoms with van der Waals surface area (Å²) in [6.07, 6.45) is 28.1. The minimum absolute atomic E-state index is 0.161. The lowest BCUT2D eigenvalue weighted by atomic mass is 9.78. The standard InChI is InChI=1S/C46H92N2O5/c1-12-42(5,6)38-46(11,15-4)52-36-33-44(9,13-2)48-40(49)43(7,8)51-37-34-45(10,14-3)53-41(50)47-35-29-25-20-18-16-17-19-22-26-30-39-31-27-23-21-24-28-32-39/h39-40,48-49H,12-38H2,1-11H3,(H,47,50). The number of unbranched alkanes of at least 4 members (excludes halogenated alkanes) is 8. The number of amides is 1. The molecule has 0 spiro atoms. The van der Waals surface area contributed by atoms with E-state index in [4.69, 9.17) is 14.2 Å². The zero-order valence-electron chi connectivity index (χ0n) is 37.3. The molecule has 4 atom stereocenters. The number of hydrogen-bond donors (Lipinski definition) is 3. The van der Waals surface area contributed by atoms with Crippen LogP contribution in [0.4, 0.5) is 4.79 Å². The molecular formula is C46H92N2O5. The van der Waals surface area contributed by atoms with Crippen LogP contribution in [0.2, 0.25) is 0 Å². The highest BCUT2D eigenvalue weighted by Crippen LogP contribution is 2.36. The molecule has 0 aliphatic heterocycles. The van der Waals surface area contributed by atoms with E-state index >= 15 is 0 Å². The monoisotopic (exact) mass is 753 g/mol. The van der Waals surface area contributed by atoms with E-state index in [0.29, 0.717) is 32.6 Å². The number of aliphatic hydroxyl groups is 1. The van der Waals surface area contributed by atoms with Gasteiger partial charge in [-0.15, -0.1) is 0 Å². The van der Waals surface area contributed by atoms with Crippen molar-refractivity contribution in [1.82, 2.24) is 10.6 Å². The molecule has 1 fully saturated rings. The second-order valence-corrected chi connectivity index (χ2v) is 19.1. The molecule has 0 aromatic heterocycles. The van der Waals surface area contributed by atoms with E-state index < -0.39 is 17.4 Å². The van der Waals surface area contributed by atoms with Gasteiger partial charge in [0.2, 0.25) is 0 Å². The third-order valence-corrected chi connectivity index (χ3v) is 13.1. The summed E-state index contributed by atoms with van der Waals surface area (Å²) in [6, 6.07) is 0. The number of ether oxygens (including phenoxy) is 3. The summed E-state index contributed by atoms with van der Waals surface area (Å²) in [5.41, 5.74) is -1.69. The number of rotatable bonds is 30. The van der Waals surface area contributed by atoms with Crippen molar-refractivity contribution in [2.24, 2.45) is 11.3 Å². The van der Waals surface area contributed by atoms with Gasteiger partial charge < -0.3 is 24.6 Å². The second-order valence-electron chi connectivity index (χ2n) is 19.1. The van der Waals surface area contributed by atoms with Crippen molar-refractivity contribution in [2.45, 2.75) is 259 Å². The van der Waals surface area contributed by atoms with Crippen molar-refractivity contribution >= 4 is 6.09 Å². The van der Waals surface area contributed by atoms with Gasteiger partial charge in [-0.05, 0) is 84.5 Å². The predicted octanol–water partition coefficient (Wildman–Crippen LogP) is 12.8. The third kappa shape index (κ3) is 22.4. The maximum Gasteiger partial charge on any atom is 0.407 e. The Morgan fingerprint density at radius 2 is 1.19 bits per heavy atom. The minimum atomic E-state index is -0.869. The molecule has 0 radical (unpaired) electrons. The van der Waals surface area contributed by atoms with Crippen LogP contribution in [0.1, 0.15) is 230 Å². The van der Waals surface area contributed by atoms with Crippen molar-refractivity contribution < 1.29 is 24.1 Å². The molecule has 1 saturated carbocycles. The molecule has 0 aromatic carbocycles. The van der Waals surface area contributed by atoms with Crippen LogP contribution in [0.3, 0.4) is 0 Å². The molecule has 0 heterocycles. The lowest BCUT2D eigenvalue weighted by molar-refractivity contribution is -0.134. The summed E-state index contributed by atoms with van der Waals surface area (Å²) in [6.45, 7) is 25.1. The summed E-state index contributed by atoms with van der Waals surface area (Å²) >= 11 is 0. The van der Waals surface area contributed by atoms with Gasteiger partial charge in [-0.2, -0.15) is 0 Å². The molecule has 7 nitrogen and oxygen atoms in total. The molecule has 0 aromatic rings. The lowest BCUT2D eigenvalue weighted by Gasteiger charge is -2.41. The second kappa shape index (κ2) is 26.1. The van der Waals surface area contributed by atoms with E-state index in [2.05, 4.69) is 59.1 Å². The Bertz CT molecular complexity index is 935. The zero-order valence-corrected chi connectivity index (χ0v) is 37.3. The molecule has 1 rings (SSSR count). The van der Waals surface area contributed by atoms with Crippen molar-refractivity contribution in [2.75, 3.05) is 19.8 Å². The first kappa shape index (κ1) is 50.1. The van der Waals surface area contributed by atoms with E-state index in [-0.39, 0.29) is 22.6 Å². The molecule has 316 valence electrons. The largest absolute Gasteiger partial charge is 0.443 e. The van der Waals surface area contributed by atoms with Crippen molar-refractivity contribution in [3.63, 3.8) is 0 Å². The molecular weight excluding hydrogens is 661 g/mol. The summed E-state index contributed by atoms with van der Waals surface area (Å²) in [5, 5.41) is 17.7. The van der Waals surface area contributed by atoms with Crippen LogP contribution in [0.15, 0.2) is 0 Å². The molecule has 53 heavy (non-hydrogen) atoms. The van der Waals surface area contributed by atoms with Crippen LogP contribution < -0.4 is 10.6 Å². The van der Waals surface area contributed by atoms with Crippen molar-refractivity contribution in [3.05, 3.63) is 0 Å².